The molecule has 0 aliphatic carbocycles. The fraction of sp³-hybridized carbons (Fsp3) is 0.200. The van der Waals surface area contributed by atoms with Crippen LogP contribution >= 0.6 is 0 Å². The number of hydrogen-bond acceptors (Lipinski definition) is 5. The van der Waals surface area contributed by atoms with Crippen LogP contribution in [0.2, 0.25) is 0 Å². The molecular formula is C20H21N3O5. The van der Waals surface area contributed by atoms with Gasteiger partial charge in [0.1, 0.15) is 0 Å². The van der Waals surface area contributed by atoms with E-state index < -0.39 is 18.5 Å². The van der Waals surface area contributed by atoms with Crippen molar-refractivity contribution >= 4 is 35.1 Å². The molecule has 146 valence electrons. The first-order valence-corrected chi connectivity index (χ1v) is 8.51. The van der Waals surface area contributed by atoms with Crippen LogP contribution in [0.25, 0.3) is 0 Å². The molecule has 2 aromatic carbocycles. The molecule has 2 aromatic rings. The van der Waals surface area contributed by atoms with Gasteiger partial charge in [-0.1, -0.05) is 12.1 Å². The molecular weight excluding hydrogens is 362 g/mol. The van der Waals surface area contributed by atoms with Crippen LogP contribution in [0.15, 0.2) is 48.5 Å². The Hall–Kier alpha value is -3.68. The van der Waals surface area contributed by atoms with Crippen molar-refractivity contribution in [3.8, 4) is 0 Å². The van der Waals surface area contributed by atoms with Gasteiger partial charge in [-0.2, -0.15) is 0 Å². The third-order valence-electron chi connectivity index (χ3n) is 3.64. The van der Waals surface area contributed by atoms with Gasteiger partial charge in [-0.15, -0.1) is 0 Å². The van der Waals surface area contributed by atoms with Crippen molar-refractivity contribution in [3.05, 3.63) is 59.7 Å². The van der Waals surface area contributed by atoms with Crippen LogP contribution in [0.5, 0.6) is 0 Å². The SMILES string of the molecule is CNC(=O)c1ccc(NC(=O)COC(=O)Cc2ccc(NC(C)=O)cc2)cc1. The Bertz CT molecular complexity index is 860. The Kier molecular flexibility index (Phi) is 7.27. The lowest BCUT2D eigenvalue weighted by Crippen LogP contribution is -2.22. The van der Waals surface area contributed by atoms with Crippen molar-refractivity contribution in [1.29, 1.82) is 0 Å². The minimum Gasteiger partial charge on any atom is -0.455 e. The Labute approximate surface area is 162 Å². The maximum absolute atomic E-state index is 11.9. The molecule has 0 unspecified atom stereocenters. The van der Waals surface area contributed by atoms with E-state index in [-0.39, 0.29) is 18.2 Å². The Morgan fingerprint density at radius 1 is 0.857 bits per heavy atom. The number of nitrogens with one attached hydrogen (secondary N) is 3. The summed E-state index contributed by atoms with van der Waals surface area (Å²) in [4.78, 5) is 46.2. The molecule has 3 amide bonds. The molecule has 2 rings (SSSR count). The van der Waals surface area contributed by atoms with E-state index >= 15 is 0 Å². The summed E-state index contributed by atoms with van der Waals surface area (Å²) in [5, 5.41) is 7.72. The van der Waals surface area contributed by atoms with E-state index in [1.165, 1.54) is 14.0 Å². The normalized spacial score (nSPS) is 9.93. The maximum Gasteiger partial charge on any atom is 0.310 e. The number of carbonyl (C=O) groups excluding carboxylic acids is 4. The fourth-order valence-electron chi connectivity index (χ4n) is 2.32. The lowest BCUT2D eigenvalue weighted by molar-refractivity contribution is -0.146. The smallest absolute Gasteiger partial charge is 0.310 e. The largest absolute Gasteiger partial charge is 0.455 e. The molecule has 8 nitrogen and oxygen atoms in total. The van der Waals surface area contributed by atoms with Crippen LogP contribution in [0.3, 0.4) is 0 Å². The summed E-state index contributed by atoms with van der Waals surface area (Å²) in [7, 11) is 1.53. The summed E-state index contributed by atoms with van der Waals surface area (Å²) < 4.78 is 4.97. The zero-order valence-corrected chi connectivity index (χ0v) is 15.6. The van der Waals surface area contributed by atoms with E-state index in [1.807, 2.05) is 0 Å². The Morgan fingerprint density at radius 2 is 1.43 bits per heavy atom. The number of hydrogen-bond donors (Lipinski definition) is 3. The summed E-state index contributed by atoms with van der Waals surface area (Å²) in [5.74, 6) is -1.43. The molecule has 0 aliphatic heterocycles. The topological polar surface area (TPSA) is 114 Å². The van der Waals surface area contributed by atoms with Crippen molar-refractivity contribution in [2.24, 2.45) is 0 Å². The van der Waals surface area contributed by atoms with Gasteiger partial charge < -0.3 is 20.7 Å². The lowest BCUT2D eigenvalue weighted by Gasteiger charge is -2.08. The third-order valence-corrected chi connectivity index (χ3v) is 3.64. The first kappa shape index (κ1) is 20.6. The number of esters is 1. The second-order valence-electron chi connectivity index (χ2n) is 5.92. The van der Waals surface area contributed by atoms with E-state index in [1.54, 1.807) is 48.5 Å². The fourth-order valence-corrected chi connectivity index (χ4v) is 2.32. The monoisotopic (exact) mass is 383 g/mol. The van der Waals surface area contributed by atoms with Crippen molar-refractivity contribution in [2.75, 3.05) is 24.3 Å². The molecule has 8 heteroatoms. The second kappa shape index (κ2) is 9.86. The van der Waals surface area contributed by atoms with Gasteiger partial charge in [0.15, 0.2) is 6.61 Å². The molecule has 0 aliphatic rings. The van der Waals surface area contributed by atoms with E-state index in [4.69, 9.17) is 4.74 Å². The average Bonchev–Trinajstić information content (AvgIpc) is 2.67. The third kappa shape index (κ3) is 6.56. The Morgan fingerprint density at radius 3 is 2.00 bits per heavy atom. The first-order valence-electron chi connectivity index (χ1n) is 8.51. The highest BCUT2D eigenvalue weighted by atomic mass is 16.5. The molecule has 3 N–H and O–H groups in total. The van der Waals surface area contributed by atoms with E-state index in [0.29, 0.717) is 22.5 Å². The highest BCUT2D eigenvalue weighted by molar-refractivity contribution is 5.96. The molecule has 0 saturated heterocycles. The van der Waals surface area contributed by atoms with Gasteiger partial charge in [-0.3, -0.25) is 19.2 Å². The molecule has 0 bridgehead atoms. The molecule has 0 spiro atoms. The maximum atomic E-state index is 11.9. The summed E-state index contributed by atoms with van der Waals surface area (Å²) in [6.45, 7) is 0.993. The zero-order chi connectivity index (χ0) is 20.5. The van der Waals surface area contributed by atoms with Gasteiger partial charge in [0.05, 0.1) is 6.42 Å². The predicted molar refractivity (Wildman–Crippen MR) is 104 cm³/mol. The van der Waals surface area contributed by atoms with E-state index in [9.17, 15) is 19.2 Å². The molecule has 0 saturated carbocycles. The summed E-state index contributed by atoms with van der Waals surface area (Å²) in [5.41, 5.74) is 2.29. The first-order chi connectivity index (χ1) is 13.4. The zero-order valence-electron chi connectivity index (χ0n) is 15.6. The molecule has 0 heterocycles. The van der Waals surface area contributed by atoms with Crippen LogP contribution in [0.1, 0.15) is 22.8 Å². The summed E-state index contributed by atoms with van der Waals surface area (Å²) >= 11 is 0. The van der Waals surface area contributed by atoms with E-state index in [0.717, 1.165) is 0 Å². The quantitative estimate of drug-likeness (QED) is 0.630. The molecule has 0 atom stereocenters. The van der Waals surface area contributed by atoms with Crippen LogP contribution in [-0.4, -0.2) is 37.3 Å². The van der Waals surface area contributed by atoms with Crippen molar-refractivity contribution < 1.29 is 23.9 Å². The highest BCUT2D eigenvalue weighted by Gasteiger charge is 2.10. The number of carbonyl (C=O) groups is 4. The van der Waals surface area contributed by atoms with Gasteiger partial charge in [0.2, 0.25) is 5.91 Å². The molecule has 28 heavy (non-hydrogen) atoms. The Balaban J connectivity index is 1.78. The van der Waals surface area contributed by atoms with Crippen molar-refractivity contribution in [1.82, 2.24) is 5.32 Å². The van der Waals surface area contributed by atoms with Crippen LogP contribution < -0.4 is 16.0 Å². The van der Waals surface area contributed by atoms with Gasteiger partial charge in [0.25, 0.3) is 11.8 Å². The summed E-state index contributed by atoms with van der Waals surface area (Å²) in [6, 6.07) is 13.1. The minimum atomic E-state index is -0.544. The van der Waals surface area contributed by atoms with Crippen LogP contribution in [0.4, 0.5) is 11.4 Å². The number of benzene rings is 2. The van der Waals surface area contributed by atoms with Gasteiger partial charge in [-0.05, 0) is 42.0 Å². The second-order valence-corrected chi connectivity index (χ2v) is 5.92. The number of amides is 3. The predicted octanol–water partition coefficient (Wildman–Crippen LogP) is 1.73. The number of rotatable bonds is 7. The van der Waals surface area contributed by atoms with Crippen LogP contribution in [0, 0.1) is 0 Å². The molecule has 0 fully saturated rings. The van der Waals surface area contributed by atoms with Gasteiger partial charge in [0, 0.05) is 30.9 Å². The molecule has 0 radical (unpaired) electrons. The number of anilines is 2. The highest BCUT2D eigenvalue weighted by Crippen LogP contribution is 2.11. The van der Waals surface area contributed by atoms with Gasteiger partial charge >= 0.3 is 5.97 Å². The standard InChI is InChI=1S/C20H21N3O5/c1-13(24)22-16-7-3-14(4-8-16)11-19(26)28-12-18(25)23-17-9-5-15(6-10-17)20(27)21-2/h3-10H,11-12H2,1-2H3,(H,21,27)(H,22,24)(H,23,25). The van der Waals surface area contributed by atoms with Gasteiger partial charge in [-0.25, -0.2) is 0 Å². The van der Waals surface area contributed by atoms with Crippen molar-refractivity contribution in [2.45, 2.75) is 13.3 Å². The number of ether oxygens (including phenoxy) is 1. The van der Waals surface area contributed by atoms with Crippen LogP contribution in [-0.2, 0) is 25.5 Å². The minimum absolute atomic E-state index is 0.00839. The summed E-state index contributed by atoms with van der Waals surface area (Å²) in [6.07, 6.45) is 0.00839. The molecule has 0 aromatic heterocycles. The van der Waals surface area contributed by atoms with E-state index in [2.05, 4.69) is 16.0 Å². The van der Waals surface area contributed by atoms with Crippen molar-refractivity contribution in [3.63, 3.8) is 0 Å². The lowest BCUT2D eigenvalue weighted by atomic mass is 10.1. The average molecular weight is 383 g/mol.